The number of carboxylic acids is 1. The van der Waals surface area contributed by atoms with Crippen molar-refractivity contribution in [1.29, 1.82) is 0 Å². The third-order valence-corrected chi connectivity index (χ3v) is 16.3. The van der Waals surface area contributed by atoms with E-state index in [2.05, 4.69) is 95.3 Å². The van der Waals surface area contributed by atoms with E-state index in [1.54, 1.807) is 5.56 Å². The summed E-state index contributed by atoms with van der Waals surface area (Å²) >= 11 is 3.87. The molecule has 4 atom stereocenters. The van der Waals surface area contributed by atoms with E-state index in [0.717, 1.165) is 30.8 Å². The lowest BCUT2D eigenvalue weighted by atomic mass is 9.67. The Morgan fingerprint density at radius 2 is 0.967 bits per heavy atom. The van der Waals surface area contributed by atoms with Gasteiger partial charge >= 0.3 is 5.97 Å². The first-order chi connectivity index (χ1) is 28.9. The Balaban J connectivity index is 0.000000228. The molecule has 6 heteroatoms. The first kappa shape index (κ1) is 47.7. The number of thioether (sulfide) groups is 2. The van der Waals surface area contributed by atoms with Crippen molar-refractivity contribution in [2.75, 3.05) is 11.5 Å². The summed E-state index contributed by atoms with van der Waals surface area (Å²) in [5, 5.41) is 28.4. The van der Waals surface area contributed by atoms with Crippen molar-refractivity contribution in [3.63, 3.8) is 0 Å². The fourth-order valence-electron chi connectivity index (χ4n) is 9.62. The lowest BCUT2D eigenvalue weighted by Crippen LogP contribution is -2.36. The molecule has 6 rings (SSSR count). The number of phenolic OH excluding ortho intramolecular Hbond substituents is 2. The zero-order chi connectivity index (χ0) is 43.0. The zero-order valence-electron chi connectivity index (χ0n) is 37.4. The number of benzene rings is 4. The number of unbranched alkanes of at least 4 members (excludes halogenated alkanes) is 13. The van der Waals surface area contributed by atoms with Crippen LogP contribution in [-0.4, -0.2) is 32.8 Å². The molecule has 4 aromatic carbocycles. The van der Waals surface area contributed by atoms with Gasteiger partial charge in [0.15, 0.2) is 0 Å². The number of carbonyl (C=O) groups is 1. The smallest absolute Gasteiger partial charge is 0.303 e. The number of aliphatic carboxylic acids is 1. The molecule has 2 aliphatic heterocycles. The van der Waals surface area contributed by atoms with Crippen LogP contribution in [0.15, 0.2) is 94.7 Å². The molecule has 0 aromatic heterocycles. The van der Waals surface area contributed by atoms with Crippen molar-refractivity contribution < 1.29 is 20.1 Å². The van der Waals surface area contributed by atoms with Gasteiger partial charge in [0.05, 0.1) is 0 Å². The summed E-state index contributed by atoms with van der Waals surface area (Å²) in [5.74, 6) is 3.14. The van der Waals surface area contributed by atoms with E-state index in [1.165, 1.54) is 127 Å². The molecule has 4 nitrogen and oxygen atoms in total. The van der Waals surface area contributed by atoms with Gasteiger partial charge in [-0.25, -0.2) is 0 Å². The molecule has 4 aromatic rings. The summed E-state index contributed by atoms with van der Waals surface area (Å²) in [6.07, 6.45) is 21.5. The summed E-state index contributed by atoms with van der Waals surface area (Å²) in [7, 11) is 0. The Kier molecular flexibility index (Phi) is 18.9. The molecule has 0 amide bonds. The van der Waals surface area contributed by atoms with Crippen molar-refractivity contribution in [3.05, 3.63) is 118 Å². The molecule has 0 fully saturated rings. The predicted octanol–water partition coefficient (Wildman–Crippen LogP) is 15.8. The maximum absolute atomic E-state index is 10.6. The van der Waals surface area contributed by atoms with Gasteiger partial charge in [0.1, 0.15) is 11.5 Å². The fraction of sp³-hybridized carbons (Fsp3) is 0.537. The maximum Gasteiger partial charge on any atom is 0.303 e. The number of rotatable bonds is 21. The highest BCUT2D eigenvalue weighted by Gasteiger charge is 2.42. The van der Waals surface area contributed by atoms with Crippen molar-refractivity contribution in [2.24, 2.45) is 0 Å². The molecule has 2 aliphatic rings. The Hall–Kier alpha value is -3.35. The van der Waals surface area contributed by atoms with Crippen LogP contribution in [0.25, 0.3) is 0 Å². The second-order valence-electron chi connectivity index (χ2n) is 18.4. The first-order valence-corrected chi connectivity index (χ1v) is 25.2. The molecule has 0 bridgehead atoms. The maximum atomic E-state index is 10.6. The summed E-state index contributed by atoms with van der Waals surface area (Å²) in [4.78, 5) is 13.3. The number of fused-ring (bicyclic) bond motifs is 2. The van der Waals surface area contributed by atoms with Gasteiger partial charge in [0, 0.05) is 38.5 Å². The monoisotopic (exact) mass is 851 g/mol. The minimum absolute atomic E-state index is 0.0312. The molecule has 0 saturated heterocycles. The summed E-state index contributed by atoms with van der Waals surface area (Å²) < 4.78 is 0. The minimum Gasteiger partial charge on any atom is -0.508 e. The van der Waals surface area contributed by atoms with Gasteiger partial charge in [0.25, 0.3) is 0 Å². The largest absolute Gasteiger partial charge is 0.508 e. The van der Waals surface area contributed by atoms with E-state index >= 15 is 0 Å². The van der Waals surface area contributed by atoms with Gasteiger partial charge in [-0.15, -0.1) is 23.5 Å². The molecule has 2 heterocycles. The average Bonchev–Trinajstić information content (AvgIpc) is 3.23. The summed E-state index contributed by atoms with van der Waals surface area (Å²) in [6, 6.07) is 29.9. The van der Waals surface area contributed by atoms with E-state index in [0.29, 0.717) is 29.8 Å². The highest BCUT2D eigenvalue weighted by Crippen LogP contribution is 2.54. The molecule has 3 N–H and O–H groups in total. The highest BCUT2D eigenvalue weighted by molar-refractivity contribution is 7.99. The third kappa shape index (κ3) is 13.3. The SMILES string of the molecule is CCCCCCCCCCC1c2ccc(O)cc2SCC1(C)c1ccc(O)cc1.Cc1ccc(C2(C)CSc3cc(C)ccc3C2CCCCCCCCCC(=O)O)cc1. The Labute approximate surface area is 371 Å². The topological polar surface area (TPSA) is 77.8 Å². The van der Waals surface area contributed by atoms with Gasteiger partial charge in [-0.3, -0.25) is 4.79 Å². The number of phenols is 2. The summed E-state index contributed by atoms with van der Waals surface area (Å²) in [5.41, 5.74) is 8.56. The molecule has 0 spiro atoms. The van der Waals surface area contributed by atoms with Crippen LogP contribution in [0, 0.1) is 13.8 Å². The molecule has 0 saturated carbocycles. The van der Waals surface area contributed by atoms with Crippen molar-refractivity contribution in [3.8, 4) is 11.5 Å². The molecule has 0 aliphatic carbocycles. The van der Waals surface area contributed by atoms with Crippen LogP contribution in [0.1, 0.15) is 182 Å². The quantitative estimate of drug-likeness (QED) is 0.0725. The van der Waals surface area contributed by atoms with Gasteiger partial charge < -0.3 is 15.3 Å². The van der Waals surface area contributed by atoms with Crippen LogP contribution in [0.5, 0.6) is 11.5 Å². The molecule has 4 unspecified atom stereocenters. The Morgan fingerprint density at radius 3 is 1.48 bits per heavy atom. The number of hydrogen-bond donors (Lipinski definition) is 3. The van der Waals surface area contributed by atoms with Gasteiger partial charge in [0.2, 0.25) is 0 Å². The molecular formula is C54H74O4S2. The van der Waals surface area contributed by atoms with Crippen LogP contribution < -0.4 is 0 Å². The molecule has 0 radical (unpaired) electrons. The van der Waals surface area contributed by atoms with Crippen LogP contribution in [0.4, 0.5) is 0 Å². The van der Waals surface area contributed by atoms with Crippen LogP contribution in [0.3, 0.4) is 0 Å². The molecule has 326 valence electrons. The highest BCUT2D eigenvalue weighted by atomic mass is 32.2. The second-order valence-corrected chi connectivity index (χ2v) is 20.4. The van der Waals surface area contributed by atoms with E-state index in [9.17, 15) is 15.0 Å². The fourth-order valence-corrected chi connectivity index (χ4v) is 12.5. The lowest BCUT2D eigenvalue weighted by Gasteiger charge is -2.43. The molecular weight excluding hydrogens is 777 g/mol. The van der Waals surface area contributed by atoms with Crippen molar-refractivity contribution in [1.82, 2.24) is 0 Å². The summed E-state index contributed by atoms with van der Waals surface area (Å²) in [6.45, 7) is 11.5. The van der Waals surface area contributed by atoms with E-state index in [4.69, 9.17) is 5.11 Å². The Morgan fingerprint density at radius 1 is 0.550 bits per heavy atom. The first-order valence-electron chi connectivity index (χ1n) is 23.2. The Bertz CT molecular complexity index is 1910. The van der Waals surface area contributed by atoms with Crippen LogP contribution >= 0.6 is 23.5 Å². The van der Waals surface area contributed by atoms with E-state index in [-0.39, 0.29) is 10.8 Å². The van der Waals surface area contributed by atoms with Gasteiger partial charge in [-0.1, -0.05) is 176 Å². The molecule has 60 heavy (non-hydrogen) atoms. The number of hydrogen-bond acceptors (Lipinski definition) is 5. The van der Waals surface area contributed by atoms with Crippen LogP contribution in [0.2, 0.25) is 0 Å². The average molecular weight is 851 g/mol. The van der Waals surface area contributed by atoms with E-state index in [1.807, 2.05) is 47.8 Å². The van der Waals surface area contributed by atoms with Crippen molar-refractivity contribution >= 4 is 29.5 Å². The van der Waals surface area contributed by atoms with Gasteiger partial charge in [-0.05, 0) is 97.5 Å². The predicted molar refractivity (Wildman–Crippen MR) is 257 cm³/mol. The normalized spacial score (nSPS) is 20.8. The van der Waals surface area contributed by atoms with Gasteiger partial charge in [-0.2, -0.15) is 0 Å². The standard InChI is InChI=1S/C28H38O2S.C26H36O2S/c1-21-13-16-23(17-14-21)28(3)20-31-26-19-22(2)15-18-24(26)25(28)11-9-7-5-4-6-8-10-12-27(29)30;1-3-4-5-6-7-8-9-10-11-24-23-17-16-22(28)18-25(23)29-19-26(24,2)20-12-14-21(27)15-13-20/h13-19,25H,4-12,20H2,1-3H3,(H,29,30);12-18,24,27-28H,3-11,19H2,1-2H3. The van der Waals surface area contributed by atoms with E-state index < -0.39 is 5.97 Å². The number of aromatic hydroxyl groups is 2. The van der Waals surface area contributed by atoms with Crippen LogP contribution in [-0.2, 0) is 15.6 Å². The van der Waals surface area contributed by atoms with Crippen molar-refractivity contribution in [2.45, 2.75) is 183 Å². The minimum atomic E-state index is -0.669. The third-order valence-electron chi connectivity index (χ3n) is 13.5. The number of carboxylic acid groups (broad SMARTS) is 1. The second kappa shape index (κ2) is 23.8. The lowest BCUT2D eigenvalue weighted by molar-refractivity contribution is -0.137. The number of aryl methyl sites for hydroxylation is 2. The zero-order valence-corrected chi connectivity index (χ0v) is 39.1.